The lowest BCUT2D eigenvalue weighted by Gasteiger charge is -2.11. The first-order valence-electron chi connectivity index (χ1n) is 5.37. The van der Waals surface area contributed by atoms with Crippen LogP contribution in [0.25, 0.3) is 0 Å². The average Bonchev–Trinajstić information content (AvgIpc) is 3.11. The summed E-state index contributed by atoms with van der Waals surface area (Å²) in [7, 11) is -2.11. The van der Waals surface area contributed by atoms with Gasteiger partial charge in [-0.1, -0.05) is 6.07 Å². The number of aliphatic hydroxyl groups is 1. The molecule has 0 amide bonds. The molecule has 1 aliphatic rings. The normalized spacial score (nSPS) is 15.9. The maximum atomic E-state index is 12.0. The van der Waals surface area contributed by atoms with E-state index in [0.29, 0.717) is 5.56 Å². The van der Waals surface area contributed by atoms with Gasteiger partial charge in [-0.25, -0.2) is 13.1 Å². The molecule has 0 saturated heterocycles. The third-order valence-corrected chi connectivity index (χ3v) is 4.16. The summed E-state index contributed by atoms with van der Waals surface area (Å²) in [6.07, 6.45) is 1.77. The lowest BCUT2D eigenvalue weighted by atomic mass is 10.2. The first-order valence-corrected chi connectivity index (χ1v) is 6.85. The van der Waals surface area contributed by atoms with E-state index in [-0.39, 0.29) is 23.3 Å². The fraction of sp³-hybridized carbons (Fsp3) is 0.455. The Labute approximate surface area is 100 Å². The van der Waals surface area contributed by atoms with E-state index in [9.17, 15) is 8.42 Å². The largest absolute Gasteiger partial charge is 0.495 e. The van der Waals surface area contributed by atoms with Crippen LogP contribution in [-0.4, -0.2) is 26.7 Å². The second kappa shape index (κ2) is 4.64. The van der Waals surface area contributed by atoms with Crippen LogP contribution in [0, 0.1) is 0 Å². The molecule has 1 aliphatic carbocycles. The average molecular weight is 257 g/mol. The van der Waals surface area contributed by atoms with E-state index < -0.39 is 10.0 Å². The molecule has 1 saturated carbocycles. The monoisotopic (exact) mass is 257 g/mol. The highest BCUT2D eigenvalue weighted by Crippen LogP contribution is 2.28. The van der Waals surface area contributed by atoms with Gasteiger partial charge in [0.1, 0.15) is 10.6 Å². The van der Waals surface area contributed by atoms with Gasteiger partial charge in [-0.15, -0.1) is 0 Å². The summed E-state index contributed by atoms with van der Waals surface area (Å²) < 4.78 is 31.7. The van der Waals surface area contributed by atoms with Crippen molar-refractivity contribution < 1.29 is 18.3 Å². The number of aliphatic hydroxyl groups excluding tert-OH is 1. The van der Waals surface area contributed by atoms with Crippen LogP contribution in [0.2, 0.25) is 0 Å². The Balaban J connectivity index is 2.36. The van der Waals surface area contributed by atoms with Crippen LogP contribution in [0.5, 0.6) is 5.75 Å². The highest BCUT2D eigenvalue weighted by atomic mass is 32.2. The van der Waals surface area contributed by atoms with Gasteiger partial charge in [-0.05, 0) is 30.5 Å². The van der Waals surface area contributed by atoms with E-state index in [2.05, 4.69) is 4.72 Å². The molecule has 1 fully saturated rings. The molecule has 0 unspecified atom stereocenters. The summed E-state index contributed by atoms with van der Waals surface area (Å²) >= 11 is 0. The van der Waals surface area contributed by atoms with Crippen molar-refractivity contribution in [2.75, 3.05) is 7.11 Å². The minimum atomic E-state index is -3.52. The highest BCUT2D eigenvalue weighted by Gasteiger charge is 2.29. The SMILES string of the molecule is COc1cc(CO)ccc1S(=O)(=O)NC1CC1. The zero-order valence-corrected chi connectivity index (χ0v) is 10.3. The van der Waals surface area contributed by atoms with Crippen LogP contribution in [0.1, 0.15) is 18.4 Å². The summed E-state index contributed by atoms with van der Waals surface area (Å²) in [5, 5.41) is 8.99. The summed E-state index contributed by atoms with van der Waals surface area (Å²) in [5.74, 6) is 0.254. The van der Waals surface area contributed by atoms with Gasteiger partial charge in [0.2, 0.25) is 10.0 Å². The van der Waals surface area contributed by atoms with Crippen LogP contribution in [-0.2, 0) is 16.6 Å². The lowest BCUT2D eigenvalue weighted by molar-refractivity contribution is 0.280. The maximum Gasteiger partial charge on any atom is 0.244 e. The number of sulfonamides is 1. The Morgan fingerprint density at radius 1 is 1.47 bits per heavy atom. The van der Waals surface area contributed by atoms with Gasteiger partial charge in [0, 0.05) is 6.04 Å². The number of methoxy groups -OCH3 is 1. The van der Waals surface area contributed by atoms with E-state index in [1.54, 1.807) is 6.07 Å². The molecule has 1 aromatic rings. The standard InChI is InChI=1S/C11H15NO4S/c1-16-10-6-8(7-13)2-5-11(10)17(14,15)12-9-3-4-9/h2,5-6,9,12-13H,3-4,7H2,1H3. The highest BCUT2D eigenvalue weighted by molar-refractivity contribution is 7.89. The summed E-state index contributed by atoms with van der Waals surface area (Å²) in [6, 6.07) is 4.61. The van der Waals surface area contributed by atoms with Crippen molar-refractivity contribution in [1.29, 1.82) is 0 Å². The molecule has 2 N–H and O–H groups in total. The van der Waals surface area contributed by atoms with Crippen LogP contribution in [0.4, 0.5) is 0 Å². The second-order valence-corrected chi connectivity index (χ2v) is 5.72. The van der Waals surface area contributed by atoms with Crippen molar-refractivity contribution in [3.8, 4) is 5.75 Å². The zero-order valence-electron chi connectivity index (χ0n) is 9.51. The molecule has 17 heavy (non-hydrogen) atoms. The smallest absolute Gasteiger partial charge is 0.244 e. The van der Waals surface area contributed by atoms with E-state index >= 15 is 0 Å². The fourth-order valence-corrected chi connectivity index (χ4v) is 2.97. The predicted molar refractivity (Wildman–Crippen MR) is 62.3 cm³/mol. The Hall–Kier alpha value is -1.11. The molecule has 0 heterocycles. The molecule has 6 heteroatoms. The Kier molecular flexibility index (Phi) is 3.37. The zero-order chi connectivity index (χ0) is 12.5. The number of nitrogens with one attached hydrogen (secondary N) is 1. The molecule has 94 valence electrons. The first kappa shape index (κ1) is 12.3. The molecule has 0 radical (unpaired) electrons. The number of hydrogen-bond donors (Lipinski definition) is 2. The molecule has 0 aromatic heterocycles. The summed E-state index contributed by atoms with van der Waals surface area (Å²) in [5.41, 5.74) is 0.618. The van der Waals surface area contributed by atoms with E-state index in [1.165, 1.54) is 19.2 Å². The minimum absolute atomic E-state index is 0.0576. The molecule has 0 aliphatic heterocycles. The van der Waals surface area contributed by atoms with Gasteiger partial charge in [0.25, 0.3) is 0 Å². The van der Waals surface area contributed by atoms with Gasteiger partial charge >= 0.3 is 0 Å². The predicted octanol–water partition coefficient (Wildman–Crippen LogP) is 0.628. The van der Waals surface area contributed by atoms with Crippen molar-refractivity contribution in [1.82, 2.24) is 4.72 Å². The Bertz CT molecular complexity index is 508. The van der Waals surface area contributed by atoms with Crippen LogP contribution in [0.15, 0.2) is 23.1 Å². The van der Waals surface area contributed by atoms with Crippen molar-refractivity contribution >= 4 is 10.0 Å². The van der Waals surface area contributed by atoms with E-state index in [1.807, 2.05) is 0 Å². The van der Waals surface area contributed by atoms with Gasteiger partial charge < -0.3 is 9.84 Å². The van der Waals surface area contributed by atoms with Crippen LogP contribution in [0.3, 0.4) is 0 Å². The van der Waals surface area contributed by atoms with Gasteiger partial charge in [-0.2, -0.15) is 0 Å². The van der Waals surface area contributed by atoms with Crippen molar-refractivity contribution in [3.63, 3.8) is 0 Å². The minimum Gasteiger partial charge on any atom is -0.495 e. The number of rotatable bonds is 5. The second-order valence-electron chi connectivity index (χ2n) is 4.04. The van der Waals surface area contributed by atoms with E-state index in [0.717, 1.165) is 12.8 Å². The number of ether oxygens (including phenoxy) is 1. The molecule has 1 aromatic carbocycles. The topological polar surface area (TPSA) is 75.6 Å². The molecule has 2 rings (SSSR count). The summed E-state index contributed by atoms with van der Waals surface area (Å²) in [6.45, 7) is -0.146. The third-order valence-electron chi connectivity index (χ3n) is 2.60. The van der Waals surface area contributed by atoms with Crippen molar-refractivity contribution in [3.05, 3.63) is 23.8 Å². The van der Waals surface area contributed by atoms with Gasteiger partial charge in [0.05, 0.1) is 13.7 Å². The maximum absolute atomic E-state index is 12.0. The summed E-state index contributed by atoms with van der Waals surface area (Å²) in [4.78, 5) is 0.115. The lowest BCUT2D eigenvalue weighted by Crippen LogP contribution is -2.26. The Morgan fingerprint density at radius 3 is 2.71 bits per heavy atom. The number of hydrogen-bond acceptors (Lipinski definition) is 4. The molecular formula is C11H15NO4S. The quantitative estimate of drug-likeness (QED) is 0.811. The third kappa shape index (κ3) is 2.77. The molecular weight excluding hydrogens is 242 g/mol. The van der Waals surface area contributed by atoms with E-state index in [4.69, 9.17) is 9.84 Å². The molecule has 0 spiro atoms. The molecule has 0 bridgehead atoms. The first-order chi connectivity index (χ1) is 8.06. The molecule has 5 nitrogen and oxygen atoms in total. The van der Waals surface area contributed by atoms with Crippen molar-refractivity contribution in [2.45, 2.75) is 30.4 Å². The fourth-order valence-electron chi connectivity index (χ4n) is 1.52. The van der Waals surface area contributed by atoms with Crippen molar-refractivity contribution in [2.24, 2.45) is 0 Å². The number of benzene rings is 1. The van der Waals surface area contributed by atoms with Crippen LogP contribution >= 0.6 is 0 Å². The van der Waals surface area contributed by atoms with Gasteiger partial charge in [0.15, 0.2) is 0 Å². The van der Waals surface area contributed by atoms with Gasteiger partial charge in [-0.3, -0.25) is 0 Å². The molecule has 0 atom stereocenters. The van der Waals surface area contributed by atoms with Crippen LogP contribution < -0.4 is 9.46 Å². The Morgan fingerprint density at radius 2 is 2.18 bits per heavy atom.